The Labute approximate surface area is 411 Å². The number of ketones is 3. The average molecular weight is 972 g/mol. The van der Waals surface area contributed by atoms with Crippen molar-refractivity contribution in [2.75, 3.05) is 48.2 Å². The Hall–Kier alpha value is -3.41. The zero-order valence-corrected chi connectivity index (χ0v) is 43.4. The lowest BCUT2D eigenvalue weighted by Crippen LogP contribution is -2.61. The molecule has 1 amide bonds. The molecule has 1 saturated carbocycles. The topological polar surface area (TPSA) is 194 Å². The fourth-order valence-electron chi connectivity index (χ4n) is 10.6. The number of aliphatic hydroxyl groups excluding tert-OH is 1. The maximum absolute atomic E-state index is 14.5. The molecule has 69 heavy (non-hydrogen) atoms. The fraction of sp³-hybridized carbons (Fsp3) is 0.759. The SMILES string of the molecule is COCCOC1CC[C@@H](C[C@@H](C)[C@@H]2CC(=O)[C@H](C)/C=C(\C)[C@@H](O)[C@@H](OC)C(=O)[C@@H](C)C[C@H](C)/C=C/C=C/C=C(\C)[C@@H](OC)C[C@@H]3CC[C@@H](C)[C@@](O)(O3)C(=O)C(=O)N3CCCCC3C(=O)O2)C[C@H]1OC. The molecule has 2 N–H and O–H groups in total. The fourth-order valence-corrected chi connectivity index (χ4v) is 10.6. The van der Waals surface area contributed by atoms with Crippen molar-refractivity contribution in [2.45, 2.75) is 180 Å². The van der Waals surface area contributed by atoms with Crippen LogP contribution in [0.1, 0.15) is 126 Å². The summed E-state index contributed by atoms with van der Waals surface area (Å²) in [7, 11) is 6.26. The first kappa shape index (κ1) is 58.2. The second kappa shape index (κ2) is 28.0. The van der Waals surface area contributed by atoms with Gasteiger partial charge in [0.05, 0.1) is 37.6 Å². The summed E-state index contributed by atoms with van der Waals surface area (Å²) in [6.45, 7) is 13.8. The van der Waals surface area contributed by atoms with Crippen LogP contribution in [0.5, 0.6) is 0 Å². The number of cyclic esters (lactones) is 1. The monoisotopic (exact) mass is 972 g/mol. The molecule has 4 rings (SSSR count). The van der Waals surface area contributed by atoms with E-state index < -0.39 is 77.8 Å². The van der Waals surface area contributed by atoms with Crippen LogP contribution < -0.4 is 0 Å². The quantitative estimate of drug-likeness (QED) is 0.0999. The van der Waals surface area contributed by atoms with E-state index in [4.69, 9.17) is 33.2 Å². The minimum absolute atomic E-state index is 0.0197. The molecule has 2 bridgehead atoms. The number of rotatable bonds is 10. The van der Waals surface area contributed by atoms with Gasteiger partial charge >= 0.3 is 5.97 Å². The van der Waals surface area contributed by atoms with Gasteiger partial charge in [-0.2, -0.15) is 0 Å². The van der Waals surface area contributed by atoms with Crippen LogP contribution in [-0.2, 0) is 57.1 Å². The van der Waals surface area contributed by atoms with Crippen LogP contribution in [0.3, 0.4) is 0 Å². The van der Waals surface area contributed by atoms with Crippen molar-refractivity contribution in [2.24, 2.45) is 35.5 Å². The summed E-state index contributed by atoms with van der Waals surface area (Å²) < 4.78 is 41.1. The van der Waals surface area contributed by atoms with Crippen LogP contribution in [0.2, 0.25) is 0 Å². The Bertz CT molecular complexity index is 1830. The summed E-state index contributed by atoms with van der Waals surface area (Å²) in [6, 6.07) is -1.14. The third-order valence-electron chi connectivity index (χ3n) is 15.1. The van der Waals surface area contributed by atoms with Crippen molar-refractivity contribution in [3.05, 3.63) is 47.6 Å². The van der Waals surface area contributed by atoms with E-state index >= 15 is 0 Å². The van der Waals surface area contributed by atoms with Gasteiger partial charge in [-0.1, -0.05) is 71.1 Å². The molecule has 0 spiro atoms. The smallest absolute Gasteiger partial charge is 0.329 e. The van der Waals surface area contributed by atoms with E-state index in [9.17, 15) is 34.2 Å². The minimum atomic E-state index is -2.43. The highest BCUT2D eigenvalue weighted by Crippen LogP contribution is 2.38. The number of Topliss-reactive ketones (excluding diaryl/α,β-unsaturated/α-hetero) is 3. The first-order valence-corrected chi connectivity index (χ1v) is 25.4. The van der Waals surface area contributed by atoms with E-state index in [1.165, 1.54) is 12.0 Å². The van der Waals surface area contributed by atoms with Gasteiger partial charge in [-0.15, -0.1) is 0 Å². The van der Waals surface area contributed by atoms with Gasteiger partial charge in [0.1, 0.15) is 30.1 Å². The number of fused-ring (bicyclic) bond motifs is 3. The molecule has 2 unspecified atom stereocenters. The van der Waals surface area contributed by atoms with Gasteiger partial charge in [0.2, 0.25) is 5.79 Å². The number of carbonyl (C=O) groups excluding carboxylic acids is 5. The minimum Gasteiger partial charge on any atom is -0.460 e. The first-order valence-electron chi connectivity index (χ1n) is 25.4. The molecule has 0 aromatic heterocycles. The number of piperidine rings is 1. The Morgan fingerprint density at radius 2 is 1.57 bits per heavy atom. The van der Waals surface area contributed by atoms with Crippen molar-refractivity contribution in [1.82, 2.24) is 4.90 Å². The third-order valence-corrected chi connectivity index (χ3v) is 15.1. The molecule has 15 atom stereocenters. The number of allylic oxidation sites excluding steroid dienone is 6. The Morgan fingerprint density at radius 3 is 2.25 bits per heavy atom. The molecule has 0 aromatic rings. The summed E-state index contributed by atoms with van der Waals surface area (Å²) in [5.74, 6) is -7.83. The largest absolute Gasteiger partial charge is 0.460 e. The van der Waals surface area contributed by atoms with Crippen LogP contribution in [0.4, 0.5) is 0 Å². The maximum Gasteiger partial charge on any atom is 0.329 e. The second-order valence-corrected chi connectivity index (χ2v) is 20.4. The van der Waals surface area contributed by atoms with Crippen molar-refractivity contribution < 1.29 is 67.3 Å². The number of hydrogen-bond acceptors (Lipinski definition) is 14. The summed E-state index contributed by atoms with van der Waals surface area (Å²) in [5.41, 5.74) is 1.28. The van der Waals surface area contributed by atoms with Gasteiger partial charge in [0, 0.05) is 65.6 Å². The highest BCUT2D eigenvalue weighted by Gasteiger charge is 2.53. The molecule has 3 aliphatic heterocycles. The molecular weight excluding hydrogens is 887 g/mol. The van der Waals surface area contributed by atoms with Crippen molar-refractivity contribution >= 4 is 29.2 Å². The van der Waals surface area contributed by atoms with Gasteiger partial charge < -0.3 is 48.3 Å². The lowest BCUT2D eigenvalue weighted by atomic mass is 9.78. The zero-order chi connectivity index (χ0) is 51.0. The summed E-state index contributed by atoms with van der Waals surface area (Å²) in [6.07, 6.45) is 12.4. The van der Waals surface area contributed by atoms with E-state index in [2.05, 4.69) is 0 Å². The van der Waals surface area contributed by atoms with Crippen LogP contribution in [-0.4, -0.2) is 147 Å². The summed E-state index contributed by atoms with van der Waals surface area (Å²) >= 11 is 0. The molecule has 15 heteroatoms. The van der Waals surface area contributed by atoms with Crippen LogP contribution >= 0.6 is 0 Å². The van der Waals surface area contributed by atoms with Gasteiger partial charge in [0.15, 0.2) is 5.78 Å². The van der Waals surface area contributed by atoms with Gasteiger partial charge in [-0.25, -0.2) is 4.79 Å². The first-order chi connectivity index (χ1) is 32.8. The van der Waals surface area contributed by atoms with Gasteiger partial charge in [-0.05, 0) is 107 Å². The second-order valence-electron chi connectivity index (χ2n) is 20.4. The predicted molar refractivity (Wildman–Crippen MR) is 261 cm³/mol. The Morgan fingerprint density at radius 1 is 0.826 bits per heavy atom. The molecule has 0 aromatic carbocycles. The molecule has 15 nitrogen and oxygen atoms in total. The van der Waals surface area contributed by atoms with E-state index in [1.54, 1.807) is 48.2 Å². The van der Waals surface area contributed by atoms with Crippen molar-refractivity contribution in [1.29, 1.82) is 0 Å². The van der Waals surface area contributed by atoms with Crippen LogP contribution in [0, 0.1) is 35.5 Å². The van der Waals surface area contributed by atoms with Crippen LogP contribution in [0.25, 0.3) is 0 Å². The Kier molecular flexibility index (Phi) is 23.6. The third kappa shape index (κ3) is 16.0. The lowest BCUT2D eigenvalue weighted by molar-refractivity contribution is -0.265. The highest BCUT2D eigenvalue weighted by molar-refractivity contribution is 6.39. The molecule has 0 radical (unpaired) electrons. The zero-order valence-electron chi connectivity index (χ0n) is 43.4. The molecule has 4 aliphatic rings. The van der Waals surface area contributed by atoms with Gasteiger partial charge in [0.25, 0.3) is 11.7 Å². The average Bonchev–Trinajstić information content (AvgIpc) is 3.33. The van der Waals surface area contributed by atoms with Crippen LogP contribution in [0.15, 0.2) is 47.6 Å². The van der Waals surface area contributed by atoms with Gasteiger partial charge in [-0.3, -0.25) is 19.2 Å². The number of amides is 1. The molecule has 3 heterocycles. The van der Waals surface area contributed by atoms with Crippen molar-refractivity contribution in [3.8, 4) is 0 Å². The predicted octanol–water partition coefficient (Wildman–Crippen LogP) is 6.85. The standard InChI is InChI=1S/C54H85NO14/c1-33-17-13-12-14-18-34(2)45(64-9)31-41-22-20-39(7)54(62,69-41)51(59)52(60)55-24-16-15-19-42(55)53(61)68-46(36(4)29-40-21-23-44(47(30-40)65-10)67-26-25-63-8)32-43(56)35(3)28-38(6)49(58)50(66-11)48(57)37(5)27-33/h12-14,17-18,28,33,35-37,39-42,44-47,49-50,58,62H,15-16,19-27,29-32H2,1-11H3/b14-12+,17-13+,34-18+,38-28+/t33-,35-,36-,37+,39-,40+,41+,42?,44?,45+,46+,47-,49-,50+,54-/m1/s1. The molecular formula is C54H85NO14. The lowest BCUT2D eigenvalue weighted by Gasteiger charge is -2.42. The number of hydrogen-bond donors (Lipinski definition) is 2. The number of nitrogens with zero attached hydrogens (tertiary/aromatic N) is 1. The molecule has 2 saturated heterocycles. The number of carbonyl (C=O) groups is 5. The highest BCUT2D eigenvalue weighted by atomic mass is 16.6. The molecule has 3 fully saturated rings. The Balaban J connectivity index is 1.69. The number of esters is 1. The van der Waals surface area contributed by atoms with E-state index in [1.807, 2.05) is 58.1 Å². The maximum atomic E-state index is 14.5. The molecule has 1 aliphatic carbocycles. The summed E-state index contributed by atoms with van der Waals surface area (Å²) in [5, 5.41) is 23.5. The molecule has 390 valence electrons. The summed E-state index contributed by atoms with van der Waals surface area (Å²) in [4.78, 5) is 72.3. The van der Waals surface area contributed by atoms with E-state index in [-0.39, 0.29) is 60.9 Å². The van der Waals surface area contributed by atoms with E-state index in [0.717, 1.165) is 18.4 Å². The van der Waals surface area contributed by atoms with Crippen molar-refractivity contribution in [3.63, 3.8) is 0 Å². The number of ether oxygens (including phenoxy) is 7. The normalized spacial score (nSPS) is 38.8. The number of methoxy groups -OCH3 is 4. The van der Waals surface area contributed by atoms with E-state index in [0.29, 0.717) is 70.2 Å². The number of aliphatic hydroxyl groups is 2.